The number of fused-ring (bicyclic) bond motifs is 2. The van der Waals surface area contributed by atoms with Crippen LogP contribution in [0.15, 0.2) is 30.3 Å². The summed E-state index contributed by atoms with van der Waals surface area (Å²) in [6.45, 7) is 3.69. The van der Waals surface area contributed by atoms with E-state index < -0.39 is 0 Å². The Labute approximate surface area is 214 Å². The fraction of sp³-hybridized carbons (Fsp3) is 0.429. The van der Waals surface area contributed by atoms with Gasteiger partial charge in [-0.3, -0.25) is 19.5 Å². The van der Waals surface area contributed by atoms with Crippen molar-refractivity contribution in [2.75, 3.05) is 26.2 Å². The summed E-state index contributed by atoms with van der Waals surface area (Å²) in [6, 6.07) is 8.69. The first-order valence-corrected chi connectivity index (χ1v) is 13.2. The summed E-state index contributed by atoms with van der Waals surface area (Å²) in [7, 11) is 0. The summed E-state index contributed by atoms with van der Waals surface area (Å²) in [4.78, 5) is 43.1. The van der Waals surface area contributed by atoms with Crippen LogP contribution in [0.1, 0.15) is 74.4 Å². The molecule has 2 fully saturated rings. The van der Waals surface area contributed by atoms with Crippen LogP contribution in [0.5, 0.6) is 5.75 Å². The van der Waals surface area contributed by atoms with Crippen molar-refractivity contribution in [3.8, 4) is 5.75 Å². The minimum Gasteiger partial charge on any atom is -0.507 e. The summed E-state index contributed by atoms with van der Waals surface area (Å²) in [6.07, 6.45) is 4.97. The number of aromatic hydroxyl groups is 1. The van der Waals surface area contributed by atoms with Crippen LogP contribution in [0.2, 0.25) is 0 Å². The standard InChI is InChI=1S/C28H31N5O4/c34-24-14-23-21(25(31-30-23)26(35)17-4-2-1-3-5-17)13-22(24)28(37)33-15-19-7-6-18(12-20(19)16-33)27(36)32-10-8-29-9-11-32/h6-7,12-14,17,29,34H,1-5,8-11,15-16H2,(H,30,31). The minimum absolute atomic E-state index is 0.00491. The van der Waals surface area contributed by atoms with E-state index >= 15 is 0 Å². The lowest BCUT2D eigenvalue weighted by molar-refractivity contribution is 0.0734. The fourth-order valence-corrected chi connectivity index (χ4v) is 5.86. The van der Waals surface area contributed by atoms with Crippen LogP contribution in [-0.4, -0.2) is 68.9 Å². The number of carbonyl (C=O) groups is 3. The zero-order valence-electron chi connectivity index (χ0n) is 20.8. The number of ketones is 1. The van der Waals surface area contributed by atoms with Gasteiger partial charge in [0.15, 0.2) is 5.78 Å². The predicted octanol–water partition coefficient (Wildman–Crippen LogP) is 3.23. The second kappa shape index (κ2) is 9.63. The van der Waals surface area contributed by atoms with Crippen LogP contribution >= 0.6 is 0 Å². The quantitative estimate of drug-likeness (QED) is 0.473. The molecule has 3 N–H and O–H groups in total. The molecule has 6 rings (SSSR count). The SMILES string of the molecule is O=C(c1n[nH]c2cc(O)c(C(=O)N3Cc4ccc(C(=O)N5CCNCC5)cc4C3)cc12)C1CCCCC1. The average Bonchev–Trinajstić information content (AvgIpc) is 3.56. The second-order valence-corrected chi connectivity index (χ2v) is 10.4. The van der Waals surface area contributed by atoms with Gasteiger partial charge in [0.25, 0.3) is 11.8 Å². The van der Waals surface area contributed by atoms with Crippen molar-refractivity contribution in [2.24, 2.45) is 5.92 Å². The number of amides is 2. The molecule has 3 aliphatic rings. The van der Waals surface area contributed by atoms with Gasteiger partial charge in [-0.1, -0.05) is 25.3 Å². The van der Waals surface area contributed by atoms with E-state index in [0.717, 1.165) is 56.3 Å². The number of benzene rings is 2. The average molecular weight is 502 g/mol. The van der Waals surface area contributed by atoms with E-state index in [1.165, 1.54) is 6.07 Å². The number of Topliss-reactive ketones (excluding diaryl/α,β-unsaturated/α-hetero) is 1. The highest BCUT2D eigenvalue weighted by Crippen LogP contribution is 2.33. The molecule has 0 unspecified atom stereocenters. The van der Waals surface area contributed by atoms with E-state index in [-0.39, 0.29) is 34.8 Å². The molecule has 9 nitrogen and oxygen atoms in total. The smallest absolute Gasteiger partial charge is 0.258 e. The number of hydrogen-bond acceptors (Lipinski definition) is 6. The zero-order valence-corrected chi connectivity index (χ0v) is 20.8. The Bertz CT molecular complexity index is 1380. The largest absolute Gasteiger partial charge is 0.507 e. The van der Waals surface area contributed by atoms with Gasteiger partial charge in [-0.25, -0.2) is 0 Å². The number of phenolic OH excluding ortho intramolecular Hbond substituents is 1. The maximum atomic E-state index is 13.5. The predicted molar refractivity (Wildman–Crippen MR) is 137 cm³/mol. The van der Waals surface area contributed by atoms with Crippen LogP contribution in [0.4, 0.5) is 0 Å². The van der Waals surface area contributed by atoms with Crippen molar-refractivity contribution in [1.29, 1.82) is 0 Å². The van der Waals surface area contributed by atoms with E-state index in [9.17, 15) is 19.5 Å². The lowest BCUT2D eigenvalue weighted by atomic mass is 9.84. The molecule has 3 heterocycles. The third-order valence-electron chi connectivity index (χ3n) is 7.99. The molecule has 2 aliphatic heterocycles. The van der Waals surface area contributed by atoms with E-state index in [0.29, 0.717) is 48.3 Å². The molecular formula is C28H31N5O4. The van der Waals surface area contributed by atoms with E-state index in [4.69, 9.17) is 0 Å². The van der Waals surface area contributed by atoms with Crippen molar-refractivity contribution in [3.05, 3.63) is 58.3 Å². The maximum absolute atomic E-state index is 13.5. The van der Waals surface area contributed by atoms with E-state index in [2.05, 4.69) is 15.5 Å². The Morgan fingerprint density at radius 3 is 2.43 bits per heavy atom. The first-order chi connectivity index (χ1) is 18.0. The Kier molecular flexibility index (Phi) is 6.16. The molecule has 3 aromatic rings. The summed E-state index contributed by atoms with van der Waals surface area (Å²) in [5.41, 5.74) is 3.58. The van der Waals surface area contributed by atoms with Crippen LogP contribution in [0.25, 0.3) is 10.9 Å². The molecule has 9 heteroatoms. The van der Waals surface area contributed by atoms with Crippen molar-refractivity contribution >= 4 is 28.5 Å². The van der Waals surface area contributed by atoms with Gasteiger partial charge in [0, 0.05) is 62.2 Å². The van der Waals surface area contributed by atoms with Gasteiger partial charge in [-0.15, -0.1) is 0 Å². The number of phenols is 1. The van der Waals surface area contributed by atoms with E-state index in [1.54, 1.807) is 11.0 Å². The summed E-state index contributed by atoms with van der Waals surface area (Å²) >= 11 is 0. The number of carbonyl (C=O) groups excluding carboxylic acids is 3. The molecule has 1 saturated carbocycles. The molecule has 2 amide bonds. The lowest BCUT2D eigenvalue weighted by Crippen LogP contribution is -2.46. The molecular weight excluding hydrogens is 470 g/mol. The lowest BCUT2D eigenvalue weighted by Gasteiger charge is -2.27. The van der Waals surface area contributed by atoms with Crippen molar-refractivity contribution in [2.45, 2.75) is 45.2 Å². The van der Waals surface area contributed by atoms with Gasteiger partial charge >= 0.3 is 0 Å². The number of aromatic amines is 1. The Balaban J connectivity index is 1.23. The number of aromatic nitrogens is 2. The summed E-state index contributed by atoms with van der Waals surface area (Å²) in [5, 5.41) is 21.6. The first kappa shape index (κ1) is 23.7. The second-order valence-electron chi connectivity index (χ2n) is 10.4. The number of H-pyrrole nitrogens is 1. The maximum Gasteiger partial charge on any atom is 0.258 e. The van der Waals surface area contributed by atoms with Crippen LogP contribution in [0.3, 0.4) is 0 Å². The van der Waals surface area contributed by atoms with E-state index in [1.807, 2.05) is 23.1 Å². The molecule has 0 radical (unpaired) electrons. The molecule has 0 bridgehead atoms. The van der Waals surface area contributed by atoms with Gasteiger partial charge in [0.2, 0.25) is 0 Å². The van der Waals surface area contributed by atoms with Gasteiger partial charge in [-0.05, 0) is 42.2 Å². The molecule has 2 aromatic carbocycles. The molecule has 192 valence electrons. The number of nitrogens with one attached hydrogen (secondary N) is 2. The molecule has 37 heavy (non-hydrogen) atoms. The van der Waals surface area contributed by atoms with Gasteiger partial charge < -0.3 is 20.2 Å². The topological polar surface area (TPSA) is 119 Å². The first-order valence-electron chi connectivity index (χ1n) is 13.2. The molecule has 0 atom stereocenters. The summed E-state index contributed by atoms with van der Waals surface area (Å²) < 4.78 is 0. The van der Waals surface area contributed by atoms with Gasteiger partial charge in [-0.2, -0.15) is 5.10 Å². The molecule has 0 spiro atoms. The van der Waals surface area contributed by atoms with Crippen molar-refractivity contribution in [1.82, 2.24) is 25.3 Å². The Morgan fingerprint density at radius 2 is 1.65 bits per heavy atom. The van der Waals surface area contributed by atoms with Crippen molar-refractivity contribution < 1.29 is 19.5 Å². The highest BCUT2D eigenvalue weighted by Gasteiger charge is 2.30. The number of hydrogen-bond donors (Lipinski definition) is 3. The number of nitrogens with zero attached hydrogens (tertiary/aromatic N) is 3. The van der Waals surface area contributed by atoms with Gasteiger partial charge in [0.1, 0.15) is 11.4 Å². The van der Waals surface area contributed by atoms with Crippen molar-refractivity contribution in [3.63, 3.8) is 0 Å². The Morgan fingerprint density at radius 1 is 0.892 bits per heavy atom. The highest BCUT2D eigenvalue weighted by atomic mass is 16.3. The van der Waals surface area contributed by atoms with Crippen LogP contribution in [-0.2, 0) is 13.1 Å². The summed E-state index contributed by atoms with van der Waals surface area (Å²) in [5.74, 6) is -0.497. The zero-order chi connectivity index (χ0) is 25.5. The Hall–Kier alpha value is -3.72. The third-order valence-corrected chi connectivity index (χ3v) is 7.99. The highest BCUT2D eigenvalue weighted by molar-refractivity contribution is 6.10. The molecule has 1 saturated heterocycles. The normalized spacial score (nSPS) is 18.3. The number of piperazine rings is 1. The monoisotopic (exact) mass is 501 g/mol. The molecule has 1 aromatic heterocycles. The number of rotatable bonds is 4. The minimum atomic E-state index is -0.317. The van der Waals surface area contributed by atoms with Gasteiger partial charge in [0.05, 0.1) is 11.1 Å². The van der Waals surface area contributed by atoms with Crippen LogP contribution in [0, 0.1) is 5.92 Å². The molecule has 1 aliphatic carbocycles. The van der Waals surface area contributed by atoms with Crippen LogP contribution < -0.4 is 5.32 Å². The third kappa shape index (κ3) is 4.37. The fourth-order valence-electron chi connectivity index (χ4n) is 5.86.